The molecule has 4 rings (SSSR count). The lowest BCUT2D eigenvalue weighted by atomic mass is 10.1. The Labute approximate surface area is 123 Å². The molecule has 0 atom stereocenters. The molecule has 21 heavy (non-hydrogen) atoms. The van der Waals surface area contributed by atoms with Gasteiger partial charge in [-0.05, 0) is 49.2 Å². The summed E-state index contributed by atoms with van der Waals surface area (Å²) < 4.78 is 10.3. The molecule has 1 aliphatic heterocycles. The Hall–Kier alpha value is -2.55. The molecule has 0 radical (unpaired) electrons. The molecule has 1 aromatic heterocycles. The van der Waals surface area contributed by atoms with Crippen LogP contribution in [0.25, 0.3) is 11.0 Å². The SMILES string of the molecule is Cc1ccc2c(c1)OCC2=O.Cc1ccc2ccoc2c1. The summed E-state index contributed by atoms with van der Waals surface area (Å²) in [4.78, 5) is 11.1. The lowest BCUT2D eigenvalue weighted by Crippen LogP contribution is -1.98. The zero-order chi connectivity index (χ0) is 14.8. The Balaban J connectivity index is 0.000000126. The van der Waals surface area contributed by atoms with E-state index >= 15 is 0 Å². The quantitative estimate of drug-likeness (QED) is 0.616. The van der Waals surface area contributed by atoms with Crippen LogP contribution in [-0.2, 0) is 0 Å². The van der Waals surface area contributed by atoms with Gasteiger partial charge in [-0.3, -0.25) is 4.79 Å². The average molecular weight is 280 g/mol. The first-order chi connectivity index (χ1) is 10.1. The number of aryl methyl sites for hydroxylation is 2. The van der Waals surface area contributed by atoms with E-state index in [-0.39, 0.29) is 12.4 Å². The van der Waals surface area contributed by atoms with Gasteiger partial charge in [0.2, 0.25) is 5.78 Å². The number of rotatable bonds is 0. The second-order valence-electron chi connectivity index (χ2n) is 5.17. The van der Waals surface area contributed by atoms with Crippen molar-refractivity contribution < 1.29 is 13.9 Å². The first kappa shape index (κ1) is 13.4. The molecular formula is C18H16O3. The summed E-state index contributed by atoms with van der Waals surface area (Å²) in [6.07, 6.45) is 1.71. The molecule has 3 aromatic rings. The molecule has 3 heteroatoms. The van der Waals surface area contributed by atoms with Crippen molar-refractivity contribution in [1.29, 1.82) is 0 Å². The Morgan fingerprint density at radius 1 is 0.952 bits per heavy atom. The summed E-state index contributed by atoms with van der Waals surface area (Å²) in [6.45, 7) is 4.24. The summed E-state index contributed by atoms with van der Waals surface area (Å²) in [5.74, 6) is 0.815. The number of carbonyl (C=O) groups is 1. The van der Waals surface area contributed by atoms with Gasteiger partial charge in [-0.15, -0.1) is 0 Å². The Bertz CT molecular complexity index is 799. The van der Waals surface area contributed by atoms with Crippen molar-refractivity contribution in [3.63, 3.8) is 0 Å². The van der Waals surface area contributed by atoms with E-state index < -0.39 is 0 Å². The number of hydrogen-bond acceptors (Lipinski definition) is 3. The zero-order valence-corrected chi connectivity index (χ0v) is 12.1. The molecule has 0 saturated carbocycles. The molecule has 1 aliphatic rings. The molecule has 0 saturated heterocycles. The number of furan rings is 1. The van der Waals surface area contributed by atoms with Gasteiger partial charge in [0.05, 0.1) is 11.8 Å². The first-order valence-electron chi connectivity index (χ1n) is 6.84. The van der Waals surface area contributed by atoms with Crippen LogP contribution >= 0.6 is 0 Å². The monoisotopic (exact) mass is 280 g/mol. The van der Waals surface area contributed by atoms with Gasteiger partial charge in [0.15, 0.2) is 6.61 Å². The van der Waals surface area contributed by atoms with Crippen molar-refractivity contribution in [2.24, 2.45) is 0 Å². The smallest absolute Gasteiger partial charge is 0.203 e. The average Bonchev–Trinajstić information content (AvgIpc) is 3.06. The van der Waals surface area contributed by atoms with E-state index in [0.29, 0.717) is 0 Å². The highest BCUT2D eigenvalue weighted by atomic mass is 16.5. The molecular weight excluding hydrogens is 264 g/mol. The van der Waals surface area contributed by atoms with Crippen LogP contribution in [0.1, 0.15) is 21.5 Å². The van der Waals surface area contributed by atoms with E-state index in [9.17, 15) is 4.79 Å². The van der Waals surface area contributed by atoms with Gasteiger partial charge < -0.3 is 9.15 Å². The number of hydrogen-bond donors (Lipinski definition) is 0. The van der Waals surface area contributed by atoms with Crippen LogP contribution in [0.2, 0.25) is 0 Å². The van der Waals surface area contributed by atoms with E-state index in [1.54, 1.807) is 6.26 Å². The molecule has 0 spiro atoms. The predicted molar refractivity (Wildman–Crippen MR) is 82.0 cm³/mol. The molecule has 0 unspecified atom stereocenters. The number of ketones is 1. The Morgan fingerprint density at radius 2 is 1.71 bits per heavy atom. The standard InChI is InChI=1S/C9H8O2.C9H8O/c1-6-2-3-7-8(10)5-11-9(7)4-6;1-7-2-3-8-4-5-10-9(8)6-7/h2-4H,5H2,1H3;2-6H,1H3. The highest BCUT2D eigenvalue weighted by Gasteiger charge is 2.19. The summed E-state index contributed by atoms with van der Waals surface area (Å²) in [5.41, 5.74) is 4.05. The summed E-state index contributed by atoms with van der Waals surface area (Å²) >= 11 is 0. The minimum absolute atomic E-state index is 0.0833. The highest BCUT2D eigenvalue weighted by Crippen LogP contribution is 2.25. The van der Waals surface area contributed by atoms with Gasteiger partial charge in [0.1, 0.15) is 11.3 Å². The number of carbonyl (C=O) groups excluding carboxylic acids is 1. The maximum absolute atomic E-state index is 11.1. The van der Waals surface area contributed by atoms with Crippen LogP contribution in [0.3, 0.4) is 0 Å². The molecule has 0 amide bonds. The number of fused-ring (bicyclic) bond motifs is 2. The van der Waals surface area contributed by atoms with E-state index in [0.717, 1.165) is 22.5 Å². The van der Waals surface area contributed by atoms with E-state index in [1.807, 2.05) is 37.3 Å². The molecule has 2 aromatic carbocycles. The van der Waals surface area contributed by atoms with Gasteiger partial charge >= 0.3 is 0 Å². The van der Waals surface area contributed by atoms with Crippen molar-refractivity contribution in [1.82, 2.24) is 0 Å². The van der Waals surface area contributed by atoms with Crippen LogP contribution in [0.5, 0.6) is 5.75 Å². The van der Waals surface area contributed by atoms with Gasteiger partial charge in [0, 0.05) is 5.39 Å². The minimum Gasteiger partial charge on any atom is -0.485 e. The fourth-order valence-corrected chi connectivity index (χ4v) is 2.26. The van der Waals surface area contributed by atoms with Crippen LogP contribution < -0.4 is 4.74 Å². The van der Waals surface area contributed by atoms with Gasteiger partial charge in [0.25, 0.3) is 0 Å². The largest absolute Gasteiger partial charge is 0.485 e. The summed E-state index contributed by atoms with van der Waals surface area (Å²) in [6, 6.07) is 13.8. The van der Waals surface area contributed by atoms with Crippen LogP contribution in [0.4, 0.5) is 0 Å². The Kier molecular flexibility index (Phi) is 3.48. The van der Waals surface area contributed by atoms with Gasteiger partial charge in [-0.25, -0.2) is 0 Å². The fourth-order valence-electron chi connectivity index (χ4n) is 2.26. The second-order valence-corrected chi connectivity index (χ2v) is 5.17. The van der Waals surface area contributed by atoms with Gasteiger partial charge in [-0.2, -0.15) is 0 Å². The van der Waals surface area contributed by atoms with E-state index in [1.165, 1.54) is 10.9 Å². The van der Waals surface area contributed by atoms with E-state index in [4.69, 9.17) is 9.15 Å². The number of ether oxygens (including phenoxy) is 1. The molecule has 0 bridgehead atoms. The van der Waals surface area contributed by atoms with Crippen molar-refractivity contribution in [2.75, 3.05) is 6.61 Å². The third-order valence-electron chi connectivity index (χ3n) is 3.41. The molecule has 0 N–H and O–H groups in total. The number of benzene rings is 2. The summed E-state index contributed by atoms with van der Waals surface area (Å²) in [7, 11) is 0. The van der Waals surface area contributed by atoms with Crippen molar-refractivity contribution >= 4 is 16.8 Å². The molecule has 0 aliphatic carbocycles. The van der Waals surface area contributed by atoms with Crippen LogP contribution in [-0.4, -0.2) is 12.4 Å². The highest BCUT2D eigenvalue weighted by molar-refractivity contribution is 6.02. The number of Topliss-reactive ketones (excluding diaryl/α,β-unsaturated/α-hetero) is 1. The summed E-state index contributed by atoms with van der Waals surface area (Å²) in [5, 5.41) is 1.17. The maximum Gasteiger partial charge on any atom is 0.203 e. The molecule has 3 nitrogen and oxygen atoms in total. The first-order valence-corrected chi connectivity index (χ1v) is 6.84. The maximum atomic E-state index is 11.1. The lowest BCUT2D eigenvalue weighted by Gasteiger charge is -1.96. The topological polar surface area (TPSA) is 39.4 Å². The lowest BCUT2D eigenvalue weighted by molar-refractivity contribution is 0.0961. The third-order valence-corrected chi connectivity index (χ3v) is 3.41. The predicted octanol–water partition coefficient (Wildman–Crippen LogP) is 4.31. The van der Waals surface area contributed by atoms with Crippen molar-refractivity contribution in [2.45, 2.75) is 13.8 Å². The Morgan fingerprint density at radius 3 is 2.57 bits per heavy atom. The van der Waals surface area contributed by atoms with E-state index in [2.05, 4.69) is 19.1 Å². The van der Waals surface area contributed by atoms with Crippen LogP contribution in [0.15, 0.2) is 53.1 Å². The third kappa shape index (κ3) is 2.82. The normalized spacial score (nSPS) is 12.6. The van der Waals surface area contributed by atoms with Crippen molar-refractivity contribution in [3.05, 3.63) is 65.4 Å². The molecule has 2 heterocycles. The van der Waals surface area contributed by atoms with Gasteiger partial charge in [-0.1, -0.05) is 18.2 Å². The molecule has 106 valence electrons. The molecule has 0 fully saturated rings. The minimum atomic E-state index is 0.0833. The zero-order valence-electron chi connectivity index (χ0n) is 12.1. The second kappa shape index (κ2) is 5.44. The fraction of sp³-hybridized carbons (Fsp3) is 0.167. The van der Waals surface area contributed by atoms with Crippen molar-refractivity contribution in [3.8, 4) is 5.75 Å². The van der Waals surface area contributed by atoms with Crippen LogP contribution in [0, 0.1) is 13.8 Å².